The van der Waals surface area contributed by atoms with E-state index in [0.717, 1.165) is 16.5 Å². The zero-order valence-electron chi connectivity index (χ0n) is 12.2. The zero-order chi connectivity index (χ0) is 15.5. The molecule has 0 saturated heterocycles. The number of hydrogen-bond donors (Lipinski definition) is 0. The number of amides is 1. The third kappa shape index (κ3) is 2.55. The smallest absolute Gasteiger partial charge is 0.258 e. The van der Waals surface area contributed by atoms with Crippen molar-refractivity contribution in [1.29, 1.82) is 5.26 Å². The summed E-state index contributed by atoms with van der Waals surface area (Å²) in [5.74, 6) is -0.0974. The van der Waals surface area contributed by atoms with Gasteiger partial charge in [-0.05, 0) is 47.2 Å². The predicted molar refractivity (Wildman–Crippen MR) is 87.8 cm³/mol. The van der Waals surface area contributed by atoms with E-state index in [1.807, 2.05) is 48.5 Å². The van der Waals surface area contributed by atoms with Gasteiger partial charge in [0.2, 0.25) is 0 Å². The lowest BCUT2D eigenvalue weighted by molar-refractivity contribution is 0.0993. The first-order chi connectivity index (χ1) is 10.7. The normalized spacial score (nSPS) is 10.2. The Kier molecular flexibility index (Phi) is 3.59. The molecule has 0 bridgehead atoms. The molecule has 0 aliphatic carbocycles. The highest BCUT2D eigenvalue weighted by molar-refractivity contribution is 6.06. The Labute approximate surface area is 129 Å². The van der Waals surface area contributed by atoms with Gasteiger partial charge in [-0.1, -0.05) is 30.3 Å². The fourth-order valence-electron chi connectivity index (χ4n) is 2.38. The molecule has 0 aliphatic heterocycles. The van der Waals surface area contributed by atoms with E-state index in [2.05, 4.69) is 0 Å². The number of carbonyl (C=O) groups is 1. The molecule has 0 aliphatic rings. The average molecular weight is 286 g/mol. The molecule has 22 heavy (non-hydrogen) atoms. The van der Waals surface area contributed by atoms with Gasteiger partial charge in [-0.3, -0.25) is 4.79 Å². The third-order valence-electron chi connectivity index (χ3n) is 3.69. The monoisotopic (exact) mass is 286 g/mol. The third-order valence-corrected chi connectivity index (χ3v) is 3.69. The highest BCUT2D eigenvalue weighted by atomic mass is 16.2. The quantitative estimate of drug-likeness (QED) is 0.715. The maximum Gasteiger partial charge on any atom is 0.258 e. The SMILES string of the molecule is CN(C(=O)c1ccc(C#N)cc1)c1ccc2ccccc2c1. The Hall–Kier alpha value is -3.12. The Bertz CT molecular complexity index is 876. The van der Waals surface area contributed by atoms with Crippen molar-refractivity contribution >= 4 is 22.4 Å². The molecule has 3 nitrogen and oxygen atoms in total. The minimum Gasteiger partial charge on any atom is -0.311 e. The fourth-order valence-corrected chi connectivity index (χ4v) is 2.38. The fraction of sp³-hybridized carbons (Fsp3) is 0.0526. The van der Waals surface area contributed by atoms with E-state index in [9.17, 15) is 4.79 Å². The number of anilines is 1. The maximum absolute atomic E-state index is 12.5. The molecule has 1 amide bonds. The van der Waals surface area contributed by atoms with Gasteiger partial charge in [0.1, 0.15) is 0 Å². The molecule has 0 fully saturated rings. The minimum absolute atomic E-state index is 0.0974. The van der Waals surface area contributed by atoms with Gasteiger partial charge >= 0.3 is 0 Å². The number of hydrogen-bond acceptors (Lipinski definition) is 2. The van der Waals surface area contributed by atoms with E-state index in [1.165, 1.54) is 0 Å². The summed E-state index contributed by atoms with van der Waals surface area (Å²) < 4.78 is 0. The Morgan fingerprint density at radius 1 is 0.955 bits per heavy atom. The summed E-state index contributed by atoms with van der Waals surface area (Å²) in [7, 11) is 1.75. The van der Waals surface area contributed by atoms with E-state index in [4.69, 9.17) is 5.26 Å². The second-order valence-corrected chi connectivity index (χ2v) is 5.08. The highest BCUT2D eigenvalue weighted by Crippen LogP contribution is 2.22. The van der Waals surface area contributed by atoms with Crippen LogP contribution in [0.5, 0.6) is 0 Å². The summed E-state index contributed by atoms with van der Waals surface area (Å²) in [6.45, 7) is 0. The summed E-state index contributed by atoms with van der Waals surface area (Å²) in [4.78, 5) is 14.1. The van der Waals surface area contributed by atoms with Gasteiger partial charge in [0.25, 0.3) is 5.91 Å². The average Bonchev–Trinajstić information content (AvgIpc) is 2.60. The summed E-state index contributed by atoms with van der Waals surface area (Å²) in [5.41, 5.74) is 1.95. The first-order valence-corrected chi connectivity index (χ1v) is 6.96. The molecule has 3 heteroatoms. The summed E-state index contributed by atoms with van der Waals surface area (Å²) in [6.07, 6.45) is 0. The van der Waals surface area contributed by atoms with Crippen molar-refractivity contribution in [3.63, 3.8) is 0 Å². The van der Waals surface area contributed by atoms with E-state index < -0.39 is 0 Å². The Morgan fingerprint density at radius 3 is 2.32 bits per heavy atom. The van der Waals surface area contributed by atoms with Crippen molar-refractivity contribution in [2.75, 3.05) is 11.9 Å². The lowest BCUT2D eigenvalue weighted by atomic mass is 10.1. The largest absolute Gasteiger partial charge is 0.311 e. The first-order valence-electron chi connectivity index (χ1n) is 6.96. The van der Waals surface area contributed by atoms with Crippen molar-refractivity contribution in [1.82, 2.24) is 0 Å². The van der Waals surface area contributed by atoms with Crippen LogP contribution in [-0.2, 0) is 0 Å². The van der Waals surface area contributed by atoms with Gasteiger partial charge < -0.3 is 4.90 Å². The second-order valence-electron chi connectivity index (χ2n) is 5.08. The van der Waals surface area contributed by atoms with Gasteiger partial charge in [-0.15, -0.1) is 0 Å². The van der Waals surface area contributed by atoms with Crippen molar-refractivity contribution in [2.24, 2.45) is 0 Å². The molecule has 0 radical (unpaired) electrons. The van der Waals surface area contributed by atoms with E-state index in [-0.39, 0.29) is 5.91 Å². The molecule has 0 saturated carbocycles. The molecule has 106 valence electrons. The van der Waals surface area contributed by atoms with Crippen LogP contribution in [0.1, 0.15) is 15.9 Å². The summed E-state index contributed by atoms with van der Waals surface area (Å²) >= 11 is 0. The Balaban J connectivity index is 1.92. The topological polar surface area (TPSA) is 44.1 Å². The van der Waals surface area contributed by atoms with Crippen molar-refractivity contribution in [3.8, 4) is 6.07 Å². The number of fused-ring (bicyclic) bond motifs is 1. The number of carbonyl (C=O) groups excluding carboxylic acids is 1. The Morgan fingerprint density at radius 2 is 1.64 bits per heavy atom. The molecule has 3 aromatic rings. The van der Waals surface area contributed by atoms with Crippen LogP contribution < -0.4 is 4.90 Å². The molecule has 0 aromatic heterocycles. The van der Waals surface area contributed by atoms with Gasteiger partial charge in [-0.25, -0.2) is 0 Å². The maximum atomic E-state index is 12.5. The van der Waals surface area contributed by atoms with E-state index >= 15 is 0 Å². The molecule has 0 atom stereocenters. The van der Waals surface area contributed by atoms with Crippen LogP contribution in [0.4, 0.5) is 5.69 Å². The summed E-state index contributed by atoms with van der Waals surface area (Å²) in [6, 6.07) is 22.7. The lowest BCUT2D eigenvalue weighted by Gasteiger charge is -2.18. The standard InChI is InChI=1S/C19H14N2O/c1-21(19(22)16-8-6-14(13-20)7-9-16)18-11-10-15-4-2-3-5-17(15)12-18/h2-12H,1H3. The molecule has 0 unspecified atom stereocenters. The van der Waals surface area contributed by atoms with Crippen LogP contribution in [0.15, 0.2) is 66.7 Å². The van der Waals surface area contributed by atoms with Crippen LogP contribution in [0.2, 0.25) is 0 Å². The number of rotatable bonds is 2. The molecular weight excluding hydrogens is 272 g/mol. The van der Waals surface area contributed by atoms with Crippen LogP contribution in [-0.4, -0.2) is 13.0 Å². The molecule has 3 aromatic carbocycles. The molecule has 0 heterocycles. The molecule has 3 rings (SSSR count). The molecule has 0 N–H and O–H groups in total. The van der Waals surface area contributed by atoms with Crippen molar-refractivity contribution < 1.29 is 4.79 Å². The minimum atomic E-state index is -0.0974. The number of benzene rings is 3. The molecule has 0 spiro atoms. The van der Waals surface area contributed by atoms with Gasteiger partial charge in [0, 0.05) is 18.3 Å². The summed E-state index contributed by atoms with van der Waals surface area (Å²) in [5, 5.41) is 11.1. The van der Waals surface area contributed by atoms with Crippen molar-refractivity contribution in [2.45, 2.75) is 0 Å². The predicted octanol–water partition coefficient (Wildman–Crippen LogP) is 3.99. The van der Waals surface area contributed by atoms with Gasteiger partial charge in [-0.2, -0.15) is 5.26 Å². The highest BCUT2D eigenvalue weighted by Gasteiger charge is 2.13. The van der Waals surface area contributed by atoms with E-state index in [0.29, 0.717) is 11.1 Å². The van der Waals surface area contributed by atoms with Crippen LogP contribution in [0.25, 0.3) is 10.8 Å². The number of nitrogens with zero attached hydrogens (tertiary/aromatic N) is 2. The van der Waals surface area contributed by atoms with Crippen LogP contribution >= 0.6 is 0 Å². The molecular formula is C19H14N2O. The van der Waals surface area contributed by atoms with Crippen LogP contribution in [0, 0.1) is 11.3 Å². The van der Waals surface area contributed by atoms with Crippen LogP contribution in [0.3, 0.4) is 0 Å². The first kappa shape index (κ1) is 13.8. The van der Waals surface area contributed by atoms with Gasteiger partial charge in [0.15, 0.2) is 0 Å². The second kappa shape index (κ2) is 5.71. The number of nitriles is 1. The lowest BCUT2D eigenvalue weighted by Crippen LogP contribution is -2.26. The van der Waals surface area contributed by atoms with E-state index in [1.54, 1.807) is 36.2 Å². The van der Waals surface area contributed by atoms with Crippen molar-refractivity contribution in [3.05, 3.63) is 77.9 Å². The zero-order valence-corrected chi connectivity index (χ0v) is 12.2. The van der Waals surface area contributed by atoms with Gasteiger partial charge in [0.05, 0.1) is 11.6 Å².